The normalized spacial score (nSPS) is 29.8. The number of hydrogen-bond acceptors (Lipinski definition) is 3. The zero-order valence-electron chi connectivity index (χ0n) is 9.33. The van der Waals surface area contributed by atoms with Crippen LogP contribution in [0.5, 0.6) is 0 Å². The van der Waals surface area contributed by atoms with E-state index < -0.39 is 0 Å². The van der Waals surface area contributed by atoms with Gasteiger partial charge in [-0.15, -0.1) is 0 Å². The molecule has 0 spiro atoms. The molecule has 2 unspecified atom stereocenters. The molecule has 84 valence electrons. The van der Waals surface area contributed by atoms with Crippen LogP contribution in [0.3, 0.4) is 0 Å². The number of ether oxygens (including phenoxy) is 1. The van der Waals surface area contributed by atoms with Gasteiger partial charge >= 0.3 is 0 Å². The topological polar surface area (TPSA) is 55.5 Å². The highest BCUT2D eigenvalue weighted by molar-refractivity contribution is 4.93. The zero-order valence-corrected chi connectivity index (χ0v) is 9.33. The Morgan fingerprint density at radius 2 is 2.07 bits per heavy atom. The van der Waals surface area contributed by atoms with Crippen molar-refractivity contribution < 1.29 is 9.84 Å². The van der Waals surface area contributed by atoms with Gasteiger partial charge in [0.25, 0.3) is 0 Å². The van der Waals surface area contributed by atoms with Gasteiger partial charge in [0.15, 0.2) is 0 Å². The number of hydrogen-bond donors (Lipinski definition) is 2. The Morgan fingerprint density at radius 1 is 1.43 bits per heavy atom. The lowest BCUT2D eigenvalue weighted by Gasteiger charge is -2.36. The molecular weight excluding hydrogens is 178 g/mol. The molecule has 2 atom stereocenters. The van der Waals surface area contributed by atoms with E-state index in [4.69, 9.17) is 10.5 Å². The summed E-state index contributed by atoms with van der Waals surface area (Å²) >= 11 is 0. The van der Waals surface area contributed by atoms with Crippen LogP contribution in [0.15, 0.2) is 0 Å². The third kappa shape index (κ3) is 2.10. The van der Waals surface area contributed by atoms with Crippen LogP contribution in [-0.4, -0.2) is 31.0 Å². The molecule has 1 aliphatic rings. The second kappa shape index (κ2) is 5.10. The molecule has 1 rings (SSSR count). The number of rotatable bonds is 5. The molecule has 3 nitrogen and oxygen atoms in total. The van der Waals surface area contributed by atoms with Crippen LogP contribution in [0, 0.1) is 11.3 Å². The standard InChI is InChI=1S/C11H23NO2/c1-3-9(4-2)10(13)11(7-12)5-6-14-8-11/h9-10,13H,3-8,12H2,1-2H3. The Morgan fingerprint density at radius 3 is 2.43 bits per heavy atom. The molecule has 0 aromatic carbocycles. The summed E-state index contributed by atoms with van der Waals surface area (Å²) in [4.78, 5) is 0. The van der Waals surface area contributed by atoms with Crippen molar-refractivity contribution in [2.24, 2.45) is 17.1 Å². The molecule has 0 saturated carbocycles. The molecule has 0 aliphatic carbocycles. The van der Waals surface area contributed by atoms with Gasteiger partial charge in [-0.05, 0) is 12.3 Å². The molecular formula is C11H23NO2. The van der Waals surface area contributed by atoms with Gasteiger partial charge in [-0.2, -0.15) is 0 Å². The number of aliphatic hydroxyl groups is 1. The minimum Gasteiger partial charge on any atom is -0.392 e. The quantitative estimate of drug-likeness (QED) is 0.701. The van der Waals surface area contributed by atoms with Crippen molar-refractivity contribution in [2.75, 3.05) is 19.8 Å². The van der Waals surface area contributed by atoms with Crippen LogP contribution in [0.4, 0.5) is 0 Å². The second-order valence-electron chi connectivity index (χ2n) is 4.39. The van der Waals surface area contributed by atoms with Gasteiger partial charge in [-0.1, -0.05) is 26.7 Å². The first kappa shape index (κ1) is 12.0. The lowest BCUT2D eigenvalue weighted by molar-refractivity contribution is -0.0223. The summed E-state index contributed by atoms with van der Waals surface area (Å²) in [6.45, 7) is 6.15. The fraction of sp³-hybridized carbons (Fsp3) is 1.00. The molecule has 3 N–H and O–H groups in total. The Balaban J connectivity index is 2.67. The average Bonchev–Trinajstić information content (AvgIpc) is 2.69. The van der Waals surface area contributed by atoms with E-state index in [1.807, 2.05) is 0 Å². The third-order valence-corrected chi connectivity index (χ3v) is 3.66. The summed E-state index contributed by atoms with van der Waals surface area (Å²) in [5, 5.41) is 10.3. The predicted molar refractivity (Wildman–Crippen MR) is 57.0 cm³/mol. The average molecular weight is 201 g/mol. The molecule has 0 bridgehead atoms. The van der Waals surface area contributed by atoms with E-state index >= 15 is 0 Å². The van der Waals surface area contributed by atoms with Crippen LogP contribution in [0.25, 0.3) is 0 Å². The molecule has 14 heavy (non-hydrogen) atoms. The molecule has 3 heteroatoms. The fourth-order valence-electron chi connectivity index (χ4n) is 2.37. The van der Waals surface area contributed by atoms with E-state index in [-0.39, 0.29) is 11.5 Å². The van der Waals surface area contributed by atoms with E-state index in [0.29, 0.717) is 19.1 Å². The monoisotopic (exact) mass is 201 g/mol. The third-order valence-electron chi connectivity index (χ3n) is 3.66. The summed E-state index contributed by atoms with van der Waals surface area (Å²) in [7, 11) is 0. The van der Waals surface area contributed by atoms with E-state index in [1.165, 1.54) is 0 Å². The van der Waals surface area contributed by atoms with E-state index in [2.05, 4.69) is 13.8 Å². The first-order valence-corrected chi connectivity index (χ1v) is 5.66. The molecule has 1 fully saturated rings. The molecule has 0 aromatic heterocycles. The summed E-state index contributed by atoms with van der Waals surface area (Å²) in [5.41, 5.74) is 5.61. The van der Waals surface area contributed by atoms with Gasteiger partial charge in [0, 0.05) is 18.6 Å². The van der Waals surface area contributed by atoms with Crippen molar-refractivity contribution in [2.45, 2.75) is 39.2 Å². The summed E-state index contributed by atoms with van der Waals surface area (Å²) in [5.74, 6) is 0.361. The maximum Gasteiger partial charge on any atom is 0.0659 e. The molecule has 1 aliphatic heterocycles. The first-order valence-electron chi connectivity index (χ1n) is 5.66. The van der Waals surface area contributed by atoms with Crippen LogP contribution in [0.2, 0.25) is 0 Å². The minimum atomic E-state index is -0.301. The summed E-state index contributed by atoms with van der Waals surface area (Å²) in [6, 6.07) is 0. The van der Waals surface area contributed by atoms with Crippen molar-refractivity contribution in [3.63, 3.8) is 0 Å². The maximum atomic E-state index is 10.3. The van der Waals surface area contributed by atoms with Gasteiger partial charge in [-0.3, -0.25) is 0 Å². The smallest absolute Gasteiger partial charge is 0.0659 e. The molecule has 1 heterocycles. The molecule has 0 radical (unpaired) electrons. The highest BCUT2D eigenvalue weighted by Gasteiger charge is 2.42. The van der Waals surface area contributed by atoms with Crippen molar-refractivity contribution in [3.05, 3.63) is 0 Å². The molecule has 0 aromatic rings. The number of aliphatic hydroxyl groups excluding tert-OH is 1. The first-order chi connectivity index (χ1) is 6.70. The highest BCUT2D eigenvalue weighted by atomic mass is 16.5. The molecule has 0 amide bonds. The number of nitrogens with two attached hydrogens (primary N) is 1. The fourth-order valence-corrected chi connectivity index (χ4v) is 2.37. The maximum absolute atomic E-state index is 10.3. The Hall–Kier alpha value is -0.120. The van der Waals surface area contributed by atoms with E-state index in [9.17, 15) is 5.11 Å². The molecule has 1 saturated heterocycles. The van der Waals surface area contributed by atoms with E-state index in [0.717, 1.165) is 25.9 Å². The van der Waals surface area contributed by atoms with Gasteiger partial charge in [0.1, 0.15) is 0 Å². The van der Waals surface area contributed by atoms with Crippen molar-refractivity contribution in [3.8, 4) is 0 Å². The zero-order chi connectivity index (χ0) is 10.6. The van der Waals surface area contributed by atoms with Crippen molar-refractivity contribution in [1.82, 2.24) is 0 Å². The summed E-state index contributed by atoms with van der Waals surface area (Å²) < 4.78 is 5.37. The Labute approximate surface area is 86.6 Å². The summed E-state index contributed by atoms with van der Waals surface area (Å²) in [6.07, 6.45) is 2.63. The predicted octanol–water partition coefficient (Wildman–Crippen LogP) is 1.15. The van der Waals surface area contributed by atoms with Crippen LogP contribution < -0.4 is 5.73 Å². The SMILES string of the molecule is CCC(CC)C(O)C1(CN)CCOC1. The van der Waals surface area contributed by atoms with Crippen molar-refractivity contribution >= 4 is 0 Å². The van der Waals surface area contributed by atoms with Gasteiger partial charge in [0.05, 0.1) is 12.7 Å². The largest absolute Gasteiger partial charge is 0.392 e. The Bertz CT molecular complexity index is 163. The van der Waals surface area contributed by atoms with Gasteiger partial charge in [0.2, 0.25) is 0 Å². The van der Waals surface area contributed by atoms with E-state index in [1.54, 1.807) is 0 Å². The van der Waals surface area contributed by atoms with Crippen LogP contribution in [-0.2, 0) is 4.74 Å². The lowest BCUT2D eigenvalue weighted by atomic mass is 9.74. The van der Waals surface area contributed by atoms with Gasteiger partial charge < -0.3 is 15.6 Å². The lowest BCUT2D eigenvalue weighted by Crippen LogP contribution is -2.46. The highest BCUT2D eigenvalue weighted by Crippen LogP contribution is 2.36. The Kier molecular flexibility index (Phi) is 4.35. The minimum absolute atomic E-state index is 0.170. The van der Waals surface area contributed by atoms with Crippen molar-refractivity contribution in [1.29, 1.82) is 0 Å². The second-order valence-corrected chi connectivity index (χ2v) is 4.39. The van der Waals surface area contributed by atoms with Crippen LogP contribution in [0.1, 0.15) is 33.1 Å². The van der Waals surface area contributed by atoms with Gasteiger partial charge in [-0.25, -0.2) is 0 Å². The van der Waals surface area contributed by atoms with Crippen LogP contribution >= 0.6 is 0 Å².